The summed E-state index contributed by atoms with van der Waals surface area (Å²) in [5, 5.41) is 30.4. The zero-order chi connectivity index (χ0) is 48.6. The van der Waals surface area contributed by atoms with E-state index in [1.807, 2.05) is 93.6 Å². The van der Waals surface area contributed by atoms with E-state index < -0.39 is 64.8 Å². The number of nitrogens with one attached hydrogen (secondary N) is 4. The van der Waals surface area contributed by atoms with Crippen LogP contribution in [0, 0.1) is 10.8 Å². The SMILES string of the molecule is COC(=O)N[C@H](C(=O)N[C@@H](Cc1ccccc1)[C@@H](O)CN(Cc1ccc(-c2ccccn2)cc1)NC(=O)[C@@H](NC(=O)OC)C(C)(C)C)C(C)(C)C.Nc1ccn([C@@H]2CS[C@H](CO)O2)c(=O)n1. The van der Waals surface area contributed by atoms with E-state index in [-0.39, 0.29) is 43.6 Å². The summed E-state index contributed by atoms with van der Waals surface area (Å²) in [6, 6.07) is 21.4. The summed E-state index contributed by atoms with van der Waals surface area (Å²) in [7, 11) is 2.44. The van der Waals surface area contributed by atoms with Gasteiger partial charge in [-0.15, -0.1) is 11.8 Å². The quantitative estimate of drug-likeness (QED) is 0.0792. The van der Waals surface area contributed by atoms with E-state index in [0.717, 1.165) is 22.4 Å². The van der Waals surface area contributed by atoms with Gasteiger partial charge in [-0.25, -0.2) is 19.4 Å². The number of nitrogens with two attached hydrogens (primary N) is 1. The Morgan fingerprint density at radius 1 is 0.864 bits per heavy atom. The summed E-state index contributed by atoms with van der Waals surface area (Å²) in [5.74, 6) is -0.218. The lowest BCUT2D eigenvalue weighted by molar-refractivity contribution is -0.132. The van der Waals surface area contributed by atoms with E-state index in [1.165, 1.54) is 30.5 Å². The first-order valence-corrected chi connectivity index (χ1v) is 22.3. The van der Waals surface area contributed by atoms with Gasteiger partial charge in [0, 0.05) is 36.8 Å². The van der Waals surface area contributed by atoms with E-state index >= 15 is 0 Å². The van der Waals surface area contributed by atoms with Gasteiger partial charge in [-0.1, -0.05) is 102 Å². The molecule has 4 amide bonds. The largest absolute Gasteiger partial charge is 0.453 e. The van der Waals surface area contributed by atoms with Crippen molar-refractivity contribution in [3.8, 4) is 11.3 Å². The molecule has 6 atom stereocenters. The Kier molecular flexibility index (Phi) is 19.5. The maximum absolute atomic E-state index is 13.8. The number of methoxy groups -OCH3 is 2. The van der Waals surface area contributed by atoms with Gasteiger partial charge in [-0.2, -0.15) is 4.98 Å². The van der Waals surface area contributed by atoms with Crippen LogP contribution in [0.1, 0.15) is 58.9 Å². The van der Waals surface area contributed by atoms with Crippen LogP contribution < -0.4 is 32.8 Å². The highest BCUT2D eigenvalue weighted by Gasteiger charge is 2.37. The Balaban J connectivity index is 0.000000531. The highest BCUT2D eigenvalue weighted by atomic mass is 32.2. The average molecular weight is 934 g/mol. The van der Waals surface area contributed by atoms with Gasteiger partial charge in [-0.3, -0.25) is 24.6 Å². The molecule has 66 heavy (non-hydrogen) atoms. The molecular weight excluding hydrogens is 871 g/mol. The van der Waals surface area contributed by atoms with Crippen LogP contribution in [0.15, 0.2) is 96.1 Å². The fraction of sp³-hybridized carbons (Fsp3) is 0.457. The van der Waals surface area contributed by atoms with Gasteiger partial charge in [0.2, 0.25) is 5.91 Å². The number of nitrogens with zero attached hydrogens (tertiary/aromatic N) is 4. The molecule has 2 aromatic carbocycles. The molecule has 0 bridgehead atoms. The second-order valence-electron chi connectivity index (χ2n) is 17.6. The number of aliphatic hydroxyl groups is 2. The van der Waals surface area contributed by atoms with E-state index in [9.17, 15) is 29.1 Å². The van der Waals surface area contributed by atoms with Crippen molar-refractivity contribution in [3.63, 3.8) is 0 Å². The van der Waals surface area contributed by atoms with Crippen molar-refractivity contribution in [2.24, 2.45) is 10.8 Å². The topological polar surface area (TPSA) is 262 Å². The summed E-state index contributed by atoms with van der Waals surface area (Å²) in [6.07, 6.45) is 0.405. The van der Waals surface area contributed by atoms with Crippen molar-refractivity contribution in [1.29, 1.82) is 0 Å². The summed E-state index contributed by atoms with van der Waals surface area (Å²) < 4.78 is 16.3. The Hall–Kier alpha value is -6.06. The number of rotatable bonds is 16. The van der Waals surface area contributed by atoms with Crippen molar-refractivity contribution in [2.75, 3.05) is 38.9 Å². The van der Waals surface area contributed by atoms with Crippen LogP contribution in [0.25, 0.3) is 11.3 Å². The van der Waals surface area contributed by atoms with Crippen LogP contribution in [0.5, 0.6) is 0 Å². The van der Waals surface area contributed by atoms with Crippen molar-refractivity contribution >= 4 is 41.6 Å². The minimum Gasteiger partial charge on any atom is -0.453 e. The number of hydrogen-bond acceptors (Lipinski definition) is 15. The number of alkyl carbamates (subject to hydrolysis) is 2. The Bertz CT molecular complexity index is 2240. The molecule has 358 valence electrons. The van der Waals surface area contributed by atoms with Crippen molar-refractivity contribution < 1.29 is 43.6 Å². The molecule has 1 fully saturated rings. The zero-order valence-corrected chi connectivity index (χ0v) is 39.4. The Morgan fingerprint density at radius 2 is 1.47 bits per heavy atom. The first kappa shape index (κ1) is 52.6. The number of carbonyl (C=O) groups excluding carboxylic acids is 4. The number of pyridine rings is 1. The molecule has 19 nitrogen and oxygen atoms in total. The van der Waals surface area contributed by atoms with Gasteiger partial charge in [0.15, 0.2) is 0 Å². The Labute approximate surface area is 389 Å². The number of carbonyl (C=O) groups is 4. The van der Waals surface area contributed by atoms with Gasteiger partial charge >= 0.3 is 17.9 Å². The molecule has 5 rings (SSSR count). The third-order valence-electron chi connectivity index (χ3n) is 10.3. The van der Waals surface area contributed by atoms with Crippen LogP contribution in [0.2, 0.25) is 0 Å². The average Bonchev–Trinajstić information content (AvgIpc) is 3.76. The standard InChI is InChI=1S/C38H52N6O7.C8H11N3O3S/c1-37(2,3)31(41-35(48)50-7)33(46)40-29(22-25-14-10-9-11-15-25)30(45)24-44(43-34(47)32(38(4,5)6)42-36(49)51-8)23-26-17-19-27(20-18-26)28-16-12-13-21-39-28;9-5-1-2-11(8(13)10-5)6-4-15-7(3-12)14-6/h9-21,29-32,45H,22-24H2,1-8H3,(H,40,46)(H,41,48)(H,42,49)(H,43,47);1-2,6-7,12H,3-4H2,(H2,9,10,13)/t29-,30-,31+,32+;6-,7+/m00/s1. The van der Waals surface area contributed by atoms with E-state index in [0.29, 0.717) is 5.75 Å². The van der Waals surface area contributed by atoms with Crippen LogP contribution in [0.4, 0.5) is 15.4 Å². The van der Waals surface area contributed by atoms with Crippen molar-refractivity contribution in [1.82, 2.24) is 40.9 Å². The first-order chi connectivity index (χ1) is 31.2. The minimum atomic E-state index is -1.22. The number of amides is 4. The second-order valence-corrected chi connectivity index (χ2v) is 18.8. The predicted molar refractivity (Wildman–Crippen MR) is 250 cm³/mol. The van der Waals surface area contributed by atoms with Crippen LogP contribution in [-0.2, 0) is 36.8 Å². The van der Waals surface area contributed by atoms with Crippen LogP contribution in [-0.4, -0.2) is 117 Å². The molecule has 0 unspecified atom stereocenters. The van der Waals surface area contributed by atoms with Crippen molar-refractivity contribution in [3.05, 3.63) is 113 Å². The Morgan fingerprint density at radius 3 is 2.00 bits per heavy atom. The van der Waals surface area contributed by atoms with Gasteiger partial charge in [0.1, 0.15) is 29.6 Å². The summed E-state index contributed by atoms with van der Waals surface area (Å²) in [6.45, 7) is 10.8. The van der Waals surface area contributed by atoms with E-state index in [4.69, 9.17) is 25.1 Å². The van der Waals surface area contributed by atoms with Crippen LogP contribution in [0.3, 0.4) is 0 Å². The molecule has 3 heterocycles. The molecule has 4 aromatic rings. The lowest BCUT2D eigenvalue weighted by Crippen LogP contribution is -2.60. The summed E-state index contributed by atoms with van der Waals surface area (Å²) >= 11 is 1.47. The van der Waals surface area contributed by atoms with Crippen LogP contribution >= 0.6 is 11.8 Å². The van der Waals surface area contributed by atoms with Crippen molar-refractivity contribution in [2.45, 2.75) is 90.4 Å². The zero-order valence-electron chi connectivity index (χ0n) is 38.6. The molecular formula is C46H63N9O10S. The lowest BCUT2D eigenvalue weighted by Gasteiger charge is -2.35. The number of anilines is 1. The molecule has 1 aliphatic rings. The number of ether oxygens (including phenoxy) is 3. The molecule has 2 aromatic heterocycles. The fourth-order valence-electron chi connectivity index (χ4n) is 6.71. The minimum absolute atomic E-state index is 0.0572. The van der Waals surface area contributed by atoms with Gasteiger partial charge in [-0.05, 0) is 46.6 Å². The van der Waals surface area contributed by atoms with E-state index in [2.05, 4.69) is 31.3 Å². The molecule has 20 heteroatoms. The second kappa shape index (κ2) is 24.5. The summed E-state index contributed by atoms with van der Waals surface area (Å²) in [5.41, 5.74) is 9.55. The molecule has 1 saturated heterocycles. The smallest absolute Gasteiger partial charge is 0.407 e. The number of aromatic nitrogens is 3. The molecule has 0 radical (unpaired) electrons. The number of aliphatic hydroxyl groups excluding tert-OH is 2. The summed E-state index contributed by atoms with van der Waals surface area (Å²) in [4.78, 5) is 71.4. The number of thioether (sulfide) groups is 1. The maximum Gasteiger partial charge on any atom is 0.407 e. The van der Waals surface area contributed by atoms with Gasteiger partial charge < -0.3 is 46.1 Å². The van der Waals surface area contributed by atoms with E-state index in [1.54, 1.807) is 44.2 Å². The molecule has 0 saturated carbocycles. The molecule has 0 aliphatic carbocycles. The lowest BCUT2D eigenvalue weighted by atomic mass is 9.85. The monoisotopic (exact) mass is 933 g/mol. The van der Waals surface area contributed by atoms with Gasteiger partial charge in [0.05, 0.1) is 38.7 Å². The third-order valence-corrected chi connectivity index (χ3v) is 11.4. The number of hydrazine groups is 1. The molecule has 8 N–H and O–H groups in total. The number of benzene rings is 2. The highest BCUT2D eigenvalue weighted by molar-refractivity contribution is 8.00. The predicted octanol–water partition coefficient (Wildman–Crippen LogP) is 3.62. The highest BCUT2D eigenvalue weighted by Crippen LogP contribution is 2.30. The maximum atomic E-state index is 13.8. The molecule has 1 aliphatic heterocycles. The number of hydrogen-bond donors (Lipinski definition) is 7. The third kappa shape index (κ3) is 16.1. The van der Waals surface area contributed by atoms with Gasteiger partial charge in [0.25, 0.3) is 5.91 Å². The normalized spacial score (nSPS) is 16.7. The molecule has 0 spiro atoms. The first-order valence-electron chi connectivity index (χ1n) is 21.2. The number of nitrogen functional groups attached to an aromatic ring is 1. The fourth-order valence-corrected chi connectivity index (χ4v) is 7.64.